The molecule has 0 aromatic rings. The van der Waals surface area contributed by atoms with Crippen molar-refractivity contribution >= 4 is 17.9 Å². The van der Waals surface area contributed by atoms with Gasteiger partial charge in [-0.15, -0.1) is 0 Å². The standard InChI is InChI=1S/C73H132O6/c1-4-7-10-13-16-19-21-23-25-27-29-31-33-34-35-36-37-38-40-41-43-45-47-49-51-54-57-60-63-66-72(75)78-69-70(68-77-71(74)65-62-59-56-53-18-15-12-9-6-3)79-73(76)67-64-61-58-55-52-50-48-46-44-42-39-32-30-28-26-24-22-20-17-14-11-8-5-2/h8,11,17,20,24,26,30,32,42,44,70H,4-7,9-10,12-16,18-19,21-23,25,27-29,31,33-41,43,45-69H2,1-3H3/b11-8-,20-17-,26-24-,32-30-,44-42-. The number of hydrogen-bond acceptors (Lipinski definition) is 6. The molecule has 0 aromatic carbocycles. The molecule has 0 N–H and O–H groups in total. The van der Waals surface area contributed by atoms with Crippen LogP contribution in [0.3, 0.4) is 0 Å². The summed E-state index contributed by atoms with van der Waals surface area (Å²) in [5.41, 5.74) is 0. The Balaban J connectivity index is 4.13. The number of carbonyl (C=O) groups is 3. The summed E-state index contributed by atoms with van der Waals surface area (Å²) in [5, 5.41) is 0. The minimum Gasteiger partial charge on any atom is -0.462 e. The average molecular weight is 1110 g/mol. The summed E-state index contributed by atoms with van der Waals surface area (Å²) < 4.78 is 16.9. The summed E-state index contributed by atoms with van der Waals surface area (Å²) in [6.45, 7) is 6.55. The van der Waals surface area contributed by atoms with Crippen molar-refractivity contribution in [3.8, 4) is 0 Å². The third-order valence-corrected chi connectivity index (χ3v) is 15.5. The Morgan fingerprint density at radius 1 is 0.266 bits per heavy atom. The van der Waals surface area contributed by atoms with E-state index in [2.05, 4.69) is 81.5 Å². The highest BCUT2D eigenvalue weighted by Crippen LogP contribution is 2.18. The Morgan fingerprint density at radius 3 is 0.772 bits per heavy atom. The Labute approximate surface area is 491 Å². The predicted octanol–water partition coefficient (Wildman–Crippen LogP) is 23.9. The van der Waals surface area contributed by atoms with Crippen LogP contribution in [0.1, 0.15) is 367 Å². The van der Waals surface area contributed by atoms with E-state index in [-0.39, 0.29) is 31.1 Å². The summed E-state index contributed by atoms with van der Waals surface area (Å²) in [4.78, 5) is 38.3. The largest absolute Gasteiger partial charge is 0.462 e. The summed E-state index contributed by atoms with van der Waals surface area (Å²) >= 11 is 0. The average Bonchev–Trinajstić information content (AvgIpc) is 3.45. The Morgan fingerprint density at radius 2 is 0.494 bits per heavy atom. The summed E-state index contributed by atoms with van der Waals surface area (Å²) in [5.74, 6) is -0.867. The molecule has 0 aromatic heterocycles. The lowest BCUT2D eigenvalue weighted by Gasteiger charge is -2.18. The molecule has 6 heteroatoms. The normalized spacial score (nSPS) is 12.4. The van der Waals surface area contributed by atoms with Crippen LogP contribution in [-0.2, 0) is 28.6 Å². The van der Waals surface area contributed by atoms with Gasteiger partial charge >= 0.3 is 17.9 Å². The maximum absolute atomic E-state index is 12.9. The van der Waals surface area contributed by atoms with E-state index in [0.717, 1.165) is 96.3 Å². The highest BCUT2D eigenvalue weighted by Gasteiger charge is 2.19. The lowest BCUT2D eigenvalue weighted by atomic mass is 10.0. The number of ether oxygens (including phenoxy) is 3. The quantitative estimate of drug-likeness (QED) is 0.0261. The van der Waals surface area contributed by atoms with Gasteiger partial charge in [0.1, 0.15) is 13.2 Å². The van der Waals surface area contributed by atoms with Crippen LogP contribution in [0.25, 0.3) is 0 Å². The fraction of sp³-hybridized carbons (Fsp3) is 0.822. The topological polar surface area (TPSA) is 78.9 Å². The van der Waals surface area contributed by atoms with Gasteiger partial charge in [0.15, 0.2) is 6.10 Å². The highest BCUT2D eigenvalue weighted by molar-refractivity contribution is 5.71. The summed E-state index contributed by atoms with van der Waals surface area (Å²) in [6.07, 6.45) is 87.0. The van der Waals surface area contributed by atoms with E-state index in [1.807, 2.05) is 0 Å². The first-order valence-corrected chi connectivity index (χ1v) is 34.8. The van der Waals surface area contributed by atoms with E-state index in [4.69, 9.17) is 14.2 Å². The molecule has 0 saturated heterocycles. The van der Waals surface area contributed by atoms with Gasteiger partial charge in [0.05, 0.1) is 0 Å². The SMILES string of the molecule is CC/C=C\C/C=C\C/C=C\C/C=C\C/C=C\CCCCCCCCCC(=O)OC(COC(=O)CCCCCCCCCCC)COC(=O)CCCCCCCCCCCCCCCCCCCCCCCCCCCCCCC. The fourth-order valence-corrected chi connectivity index (χ4v) is 10.4. The van der Waals surface area contributed by atoms with E-state index in [9.17, 15) is 14.4 Å². The molecule has 0 fully saturated rings. The molecular weight excluding hydrogens is 973 g/mol. The molecule has 0 rings (SSSR count). The maximum Gasteiger partial charge on any atom is 0.306 e. The minimum atomic E-state index is -0.778. The number of hydrogen-bond donors (Lipinski definition) is 0. The van der Waals surface area contributed by atoms with Crippen molar-refractivity contribution in [2.45, 2.75) is 374 Å². The number of rotatable bonds is 64. The first kappa shape index (κ1) is 76.1. The van der Waals surface area contributed by atoms with Crippen LogP contribution in [-0.4, -0.2) is 37.2 Å². The van der Waals surface area contributed by atoms with Gasteiger partial charge in [-0.25, -0.2) is 0 Å². The molecule has 79 heavy (non-hydrogen) atoms. The zero-order chi connectivity index (χ0) is 57.1. The number of allylic oxidation sites excluding steroid dienone is 10. The molecule has 0 aliphatic rings. The van der Waals surface area contributed by atoms with Gasteiger partial charge in [-0.3, -0.25) is 14.4 Å². The molecule has 0 spiro atoms. The van der Waals surface area contributed by atoms with E-state index in [1.165, 1.54) is 231 Å². The summed E-state index contributed by atoms with van der Waals surface area (Å²) in [6, 6.07) is 0. The van der Waals surface area contributed by atoms with Crippen LogP contribution >= 0.6 is 0 Å². The second kappa shape index (κ2) is 67.6. The monoisotopic (exact) mass is 1110 g/mol. The van der Waals surface area contributed by atoms with Crippen LogP contribution < -0.4 is 0 Å². The Bertz CT molecular complexity index is 1410. The van der Waals surface area contributed by atoms with Gasteiger partial charge < -0.3 is 14.2 Å². The molecule has 6 nitrogen and oxygen atoms in total. The summed E-state index contributed by atoms with van der Waals surface area (Å²) in [7, 11) is 0. The van der Waals surface area contributed by atoms with Crippen LogP contribution in [0.5, 0.6) is 0 Å². The zero-order valence-electron chi connectivity index (χ0n) is 52.9. The van der Waals surface area contributed by atoms with Gasteiger partial charge in [0, 0.05) is 19.3 Å². The smallest absolute Gasteiger partial charge is 0.306 e. The van der Waals surface area contributed by atoms with E-state index in [0.29, 0.717) is 19.3 Å². The lowest BCUT2D eigenvalue weighted by molar-refractivity contribution is -0.167. The number of esters is 3. The molecular formula is C73H132O6. The van der Waals surface area contributed by atoms with Crippen LogP contribution in [0.15, 0.2) is 60.8 Å². The third kappa shape index (κ3) is 65.8. The Hall–Kier alpha value is -2.89. The molecule has 1 atom stereocenters. The second-order valence-electron chi connectivity index (χ2n) is 23.4. The molecule has 460 valence electrons. The molecule has 0 aliphatic carbocycles. The first-order valence-electron chi connectivity index (χ1n) is 34.8. The van der Waals surface area contributed by atoms with Crippen LogP contribution in [0.2, 0.25) is 0 Å². The van der Waals surface area contributed by atoms with Crippen molar-refractivity contribution in [1.29, 1.82) is 0 Å². The fourth-order valence-electron chi connectivity index (χ4n) is 10.4. The zero-order valence-corrected chi connectivity index (χ0v) is 52.9. The van der Waals surface area contributed by atoms with Gasteiger partial charge in [0.2, 0.25) is 0 Å². The van der Waals surface area contributed by atoms with Gasteiger partial charge in [0.25, 0.3) is 0 Å². The van der Waals surface area contributed by atoms with Crippen molar-refractivity contribution in [2.75, 3.05) is 13.2 Å². The molecule has 1 unspecified atom stereocenters. The molecule has 0 heterocycles. The van der Waals surface area contributed by atoms with Crippen molar-refractivity contribution in [1.82, 2.24) is 0 Å². The minimum absolute atomic E-state index is 0.0743. The van der Waals surface area contributed by atoms with Crippen molar-refractivity contribution in [3.05, 3.63) is 60.8 Å². The number of unbranched alkanes of at least 4 members (excludes halogenated alkanes) is 43. The van der Waals surface area contributed by atoms with E-state index >= 15 is 0 Å². The maximum atomic E-state index is 12.9. The lowest BCUT2D eigenvalue weighted by Crippen LogP contribution is -2.30. The number of carbonyl (C=O) groups excluding carboxylic acids is 3. The van der Waals surface area contributed by atoms with Crippen molar-refractivity contribution in [3.63, 3.8) is 0 Å². The van der Waals surface area contributed by atoms with Crippen molar-refractivity contribution < 1.29 is 28.6 Å². The van der Waals surface area contributed by atoms with E-state index < -0.39 is 6.10 Å². The molecule has 0 bridgehead atoms. The van der Waals surface area contributed by atoms with Crippen molar-refractivity contribution in [2.24, 2.45) is 0 Å². The first-order chi connectivity index (χ1) is 39.0. The predicted molar refractivity (Wildman–Crippen MR) is 344 cm³/mol. The van der Waals surface area contributed by atoms with E-state index in [1.54, 1.807) is 0 Å². The highest BCUT2D eigenvalue weighted by atomic mass is 16.6. The second-order valence-corrected chi connectivity index (χ2v) is 23.4. The van der Waals surface area contributed by atoms with Gasteiger partial charge in [-0.2, -0.15) is 0 Å². The van der Waals surface area contributed by atoms with Gasteiger partial charge in [-0.05, 0) is 64.2 Å². The third-order valence-electron chi connectivity index (χ3n) is 15.5. The molecule has 0 amide bonds. The molecule has 0 saturated carbocycles. The van der Waals surface area contributed by atoms with Crippen LogP contribution in [0, 0.1) is 0 Å². The molecule has 0 aliphatic heterocycles. The van der Waals surface area contributed by atoms with Crippen LogP contribution in [0.4, 0.5) is 0 Å². The van der Waals surface area contributed by atoms with Gasteiger partial charge in [-0.1, -0.05) is 345 Å². The molecule has 0 radical (unpaired) electrons. The Kier molecular flexibility index (Phi) is 65.1.